The molecule has 1 aliphatic heterocycles. The van der Waals surface area contributed by atoms with E-state index in [4.69, 9.17) is 5.10 Å². The van der Waals surface area contributed by atoms with Crippen LogP contribution in [0.3, 0.4) is 0 Å². The summed E-state index contributed by atoms with van der Waals surface area (Å²) in [6.07, 6.45) is 3.68. The van der Waals surface area contributed by atoms with Crippen molar-refractivity contribution < 1.29 is 0 Å². The highest BCUT2D eigenvalue weighted by Gasteiger charge is 2.26. The first-order valence-corrected chi connectivity index (χ1v) is 8.35. The van der Waals surface area contributed by atoms with Crippen LogP contribution in [0.4, 0.5) is 0 Å². The van der Waals surface area contributed by atoms with Crippen LogP contribution in [0, 0.1) is 5.92 Å². The van der Waals surface area contributed by atoms with Crippen LogP contribution in [0.25, 0.3) is 0 Å². The number of aromatic nitrogens is 2. The molecule has 0 aromatic carbocycles. The third kappa shape index (κ3) is 3.05. The summed E-state index contributed by atoms with van der Waals surface area (Å²) in [7, 11) is 0. The van der Waals surface area contributed by atoms with Gasteiger partial charge in [-0.25, -0.2) is 0 Å². The van der Waals surface area contributed by atoms with Crippen molar-refractivity contribution in [2.75, 3.05) is 6.54 Å². The van der Waals surface area contributed by atoms with Crippen LogP contribution < -0.4 is 0 Å². The first kappa shape index (κ1) is 15.0. The second-order valence-corrected chi connectivity index (χ2v) is 6.50. The normalized spacial score (nSPS) is 24.9. The van der Waals surface area contributed by atoms with Crippen LogP contribution in [-0.4, -0.2) is 27.3 Å². The van der Waals surface area contributed by atoms with Gasteiger partial charge in [0, 0.05) is 19.1 Å². The molecular weight excluding hydrogens is 302 g/mol. The minimum atomic E-state index is 0.672. The number of piperidine rings is 1. The summed E-state index contributed by atoms with van der Waals surface area (Å²) in [5, 5.41) is 4.70. The predicted octanol–water partition coefficient (Wildman–Crippen LogP) is 3.85. The summed E-state index contributed by atoms with van der Waals surface area (Å²) >= 11 is 3.75. The molecule has 1 saturated heterocycles. The SMILES string of the molecule is CCc1nn(CC)c(CN2CCCC(C)C2C)c1Br. The quantitative estimate of drug-likeness (QED) is 0.837. The molecule has 2 atom stereocenters. The lowest BCUT2D eigenvalue weighted by molar-refractivity contribution is 0.103. The van der Waals surface area contributed by atoms with Crippen molar-refractivity contribution in [3.8, 4) is 0 Å². The monoisotopic (exact) mass is 327 g/mol. The van der Waals surface area contributed by atoms with Crippen molar-refractivity contribution in [3.63, 3.8) is 0 Å². The molecule has 19 heavy (non-hydrogen) atoms. The predicted molar refractivity (Wildman–Crippen MR) is 83.2 cm³/mol. The molecule has 3 nitrogen and oxygen atoms in total. The Bertz CT molecular complexity index is 427. The Morgan fingerprint density at radius 1 is 1.32 bits per heavy atom. The van der Waals surface area contributed by atoms with Gasteiger partial charge in [-0.15, -0.1) is 0 Å². The van der Waals surface area contributed by atoms with Crippen molar-refractivity contribution in [2.24, 2.45) is 5.92 Å². The van der Waals surface area contributed by atoms with Crippen molar-refractivity contribution in [2.45, 2.75) is 66.1 Å². The van der Waals surface area contributed by atoms with Crippen LogP contribution in [0.2, 0.25) is 0 Å². The zero-order valence-corrected chi connectivity index (χ0v) is 14.2. The molecule has 1 aromatic heterocycles. The minimum Gasteiger partial charge on any atom is -0.295 e. The van der Waals surface area contributed by atoms with E-state index in [1.807, 2.05) is 0 Å². The molecule has 0 radical (unpaired) electrons. The molecule has 1 aliphatic rings. The van der Waals surface area contributed by atoms with E-state index in [9.17, 15) is 0 Å². The first-order valence-electron chi connectivity index (χ1n) is 7.56. The molecule has 0 amide bonds. The molecule has 0 saturated carbocycles. The third-order valence-corrected chi connectivity index (χ3v) is 5.47. The molecule has 4 heteroatoms. The fourth-order valence-corrected chi connectivity index (χ4v) is 3.69. The van der Waals surface area contributed by atoms with Crippen molar-refractivity contribution in [3.05, 3.63) is 15.9 Å². The van der Waals surface area contributed by atoms with Crippen LogP contribution in [0.15, 0.2) is 4.47 Å². The van der Waals surface area contributed by atoms with Gasteiger partial charge in [0.05, 0.1) is 15.9 Å². The van der Waals surface area contributed by atoms with Gasteiger partial charge in [0.15, 0.2) is 0 Å². The maximum Gasteiger partial charge on any atom is 0.0767 e. The second kappa shape index (κ2) is 6.40. The summed E-state index contributed by atoms with van der Waals surface area (Å²) in [6.45, 7) is 12.3. The Morgan fingerprint density at radius 3 is 2.68 bits per heavy atom. The van der Waals surface area contributed by atoms with E-state index < -0.39 is 0 Å². The average Bonchev–Trinajstić information content (AvgIpc) is 2.71. The molecule has 0 spiro atoms. The molecular formula is C15H26BrN3. The van der Waals surface area contributed by atoms with Crippen molar-refractivity contribution >= 4 is 15.9 Å². The third-order valence-electron chi connectivity index (χ3n) is 4.55. The highest BCUT2D eigenvalue weighted by atomic mass is 79.9. The number of likely N-dealkylation sites (tertiary alicyclic amines) is 1. The molecule has 1 aromatic rings. The van der Waals surface area contributed by atoms with Crippen LogP contribution in [0.5, 0.6) is 0 Å². The molecule has 108 valence electrons. The summed E-state index contributed by atoms with van der Waals surface area (Å²) in [5.74, 6) is 0.802. The number of halogens is 1. The van der Waals surface area contributed by atoms with Gasteiger partial charge in [-0.3, -0.25) is 9.58 Å². The van der Waals surface area contributed by atoms with E-state index in [1.165, 1.54) is 35.2 Å². The average molecular weight is 328 g/mol. The van der Waals surface area contributed by atoms with Gasteiger partial charge >= 0.3 is 0 Å². The number of rotatable bonds is 4. The smallest absolute Gasteiger partial charge is 0.0767 e. The molecule has 0 aliphatic carbocycles. The highest BCUT2D eigenvalue weighted by Crippen LogP contribution is 2.28. The van der Waals surface area contributed by atoms with Gasteiger partial charge in [-0.05, 0) is 61.5 Å². The lowest BCUT2D eigenvalue weighted by Crippen LogP contribution is -2.42. The fraction of sp³-hybridized carbons (Fsp3) is 0.800. The maximum absolute atomic E-state index is 4.70. The van der Waals surface area contributed by atoms with E-state index in [0.717, 1.165) is 25.4 Å². The molecule has 0 N–H and O–H groups in total. The van der Waals surface area contributed by atoms with E-state index in [0.29, 0.717) is 6.04 Å². The van der Waals surface area contributed by atoms with Gasteiger partial charge in [0.1, 0.15) is 0 Å². The van der Waals surface area contributed by atoms with Crippen LogP contribution >= 0.6 is 15.9 Å². The Kier molecular flexibility index (Phi) is 5.07. The molecule has 0 bridgehead atoms. The van der Waals surface area contributed by atoms with Gasteiger partial charge in [0.25, 0.3) is 0 Å². The topological polar surface area (TPSA) is 21.1 Å². The van der Waals surface area contributed by atoms with Gasteiger partial charge in [0.2, 0.25) is 0 Å². The lowest BCUT2D eigenvalue weighted by Gasteiger charge is -2.38. The Hall–Kier alpha value is -0.350. The first-order chi connectivity index (χ1) is 9.08. The molecule has 2 unspecified atom stereocenters. The standard InChI is InChI=1S/C15H26BrN3/c1-5-13-15(16)14(19(6-2)17-13)10-18-9-7-8-11(3)12(18)4/h11-12H,5-10H2,1-4H3. The Morgan fingerprint density at radius 2 is 2.05 bits per heavy atom. The number of hydrogen-bond acceptors (Lipinski definition) is 2. The number of hydrogen-bond donors (Lipinski definition) is 0. The highest BCUT2D eigenvalue weighted by molar-refractivity contribution is 9.10. The lowest BCUT2D eigenvalue weighted by atomic mass is 9.92. The number of nitrogens with zero attached hydrogens (tertiary/aromatic N) is 3. The largest absolute Gasteiger partial charge is 0.295 e. The van der Waals surface area contributed by atoms with E-state index in [2.05, 4.69) is 53.2 Å². The van der Waals surface area contributed by atoms with Gasteiger partial charge in [-0.2, -0.15) is 5.10 Å². The zero-order chi connectivity index (χ0) is 14.0. The summed E-state index contributed by atoms with van der Waals surface area (Å²) in [6, 6.07) is 0.672. The maximum atomic E-state index is 4.70. The van der Waals surface area contributed by atoms with Crippen LogP contribution in [-0.2, 0) is 19.5 Å². The number of aryl methyl sites for hydroxylation is 2. The van der Waals surface area contributed by atoms with Gasteiger partial charge in [-0.1, -0.05) is 13.8 Å². The van der Waals surface area contributed by atoms with E-state index in [-0.39, 0.29) is 0 Å². The van der Waals surface area contributed by atoms with E-state index >= 15 is 0 Å². The molecule has 2 rings (SSSR count). The van der Waals surface area contributed by atoms with Gasteiger partial charge < -0.3 is 0 Å². The Labute approximate surface area is 125 Å². The van der Waals surface area contributed by atoms with Crippen molar-refractivity contribution in [1.82, 2.24) is 14.7 Å². The van der Waals surface area contributed by atoms with Crippen molar-refractivity contribution in [1.29, 1.82) is 0 Å². The zero-order valence-electron chi connectivity index (χ0n) is 12.6. The van der Waals surface area contributed by atoms with Crippen LogP contribution in [0.1, 0.15) is 51.9 Å². The second-order valence-electron chi connectivity index (χ2n) is 5.71. The summed E-state index contributed by atoms with van der Waals surface area (Å²) in [5.41, 5.74) is 2.54. The minimum absolute atomic E-state index is 0.672. The molecule has 2 heterocycles. The Balaban J connectivity index is 2.20. The summed E-state index contributed by atoms with van der Waals surface area (Å²) < 4.78 is 3.39. The summed E-state index contributed by atoms with van der Waals surface area (Å²) in [4.78, 5) is 2.61. The van der Waals surface area contributed by atoms with E-state index in [1.54, 1.807) is 0 Å². The molecule has 1 fully saturated rings. The fourth-order valence-electron chi connectivity index (χ4n) is 3.00.